The smallest absolute Gasteiger partial charge is 0.326 e. The van der Waals surface area contributed by atoms with Gasteiger partial charge in [0.25, 0.3) is 0 Å². The Labute approximate surface area is 120 Å². The molecule has 1 aromatic carbocycles. The number of hydrogen-bond acceptors (Lipinski definition) is 4. The maximum absolute atomic E-state index is 12.2. The average molecular weight is 296 g/mol. The number of amides is 1. The van der Waals surface area contributed by atoms with Crippen molar-refractivity contribution < 1.29 is 4.79 Å². The minimum Gasteiger partial charge on any atom is -0.326 e. The van der Waals surface area contributed by atoms with E-state index in [0.717, 1.165) is 15.8 Å². The number of carbonyl (C=O) groups excluding carboxylic acids is 1. The highest BCUT2D eigenvalue weighted by Gasteiger charge is 2.19. The Morgan fingerprint density at radius 2 is 2.05 bits per heavy atom. The van der Waals surface area contributed by atoms with Gasteiger partial charge < -0.3 is 4.90 Å². The van der Waals surface area contributed by atoms with E-state index in [4.69, 9.17) is 11.6 Å². The van der Waals surface area contributed by atoms with Gasteiger partial charge in [0.15, 0.2) is 0 Å². The van der Waals surface area contributed by atoms with Crippen LogP contribution in [0.5, 0.6) is 0 Å². The lowest BCUT2D eigenvalue weighted by atomic mass is 10.3. The van der Waals surface area contributed by atoms with Crippen LogP contribution in [0.25, 0.3) is 5.69 Å². The molecule has 0 saturated carbocycles. The Bertz CT molecular complexity index is 678. The summed E-state index contributed by atoms with van der Waals surface area (Å²) in [6, 6.07) is 6.20. The number of rotatable bonds is 3. The lowest BCUT2D eigenvalue weighted by Gasteiger charge is -2.13. The van der Waals surface area contributed by atoms with Gasteiger partial charge in [-0.1, -0.05) is 30.7 Å². The number of para-hydroxylation sites is 1. The average Bonchev–Trinajstić information content (AvgIpc) is 2.80. The van der Waals surface area contributed by atoms with E-state index >= 15 is 0 Å². The second-order valence-corrected chi connectivity index (χ2v) is 4.65. The molecule has 0 spiro atoms. The van der Waals surface area contributed by atoms with Gasteiger partial charge in [0.1, 0.15) is 0 Å². The Balaban J connectivity index is 2.40. The summed E-state index contributed by atoms with van der Waals surface area (Å²) in [4.78, 5) is 25.6. The van der Waals surface area contributed by atoms with Crippen LogP contribution < -0.4 is 5.69 Å². The number of tetrazole rings is 1. The normalized spacial score (nSPS) is 10.6. The molecule has 0 fully saturated rings. The van der Waals surface area contributed by atoms with Crippen molar-refractivity contribution in [2.75, 3.05) is 13.6 Å². The lowest BCUT2D eigenvalue weighted by molar-refractivity contribution is 0.206. The number of carbonyl (C=O) groups is 1. The van der Waals surface area contributed by atoms with Gasteiger partial charge in [0, 0.05) is 13.6 Å². The van der Waals surface area contributed by atoms with Crippen LogP contribution in [0, 0.1) is 0 Å². The second-order valence-electron chi connectivity index (χ2n) is 4.24. The summed E-state index contributed by atoms with van der Waals surface area (Å²) in [6.45, 7) is 2.47. The number of halogens is 1. The fraction of sp³-hybridized carbons (Fsp3) is 0.333. The quantitative estimate of drug-likeness (QED) is 0.802. The van der Waals surface area contributed by atoms with Crippen molar-refractivity contribution in [2.24, 2.45) is 0 Å². The second kappa shape index (κ2) is 5.87. The van der Waals surface area contributed by atoms with E-state index in [2.05, 4.69) is 10.4 Å². The standard InChI is InChI=1S/C12H14ClN5O2/c1-3-8-16(2)11(19)18-12(20)17(14-15-18)10-7-5-4-6-9(10)13/h4-7H,3,8H2,1-2H3. The highest BCUT2D eigenvalue weighted by molar-refractivity contribution is 6.32. The van der Waals surface area contributed by atoms with Gasteiger partial charge in [0.05, 0.1) is 10.7 Å². The Morgan fingerprint density at radius 3 is 2.70 bits per heavy atom. The van der Waals surface area contributed by atoms with E-state index in [-0.39, 0.29) is 0 Å². The van der Waals surface area contributed by atoms with E-state index in [9.17, 15) is 9.59 Å². The van der Waals surface area contributed by atoms with E-state index in [1.165, 1.54) is 4.90 Å². The van der Waals surface area contributed by atoms with Gasteiger partial charge in [-0.3, -0.25) is 0 Å². The zero-order valence-electron chi connectivity index (χ0n) is 11.2. The number of benzene rings is 1. The van der Waals surface area contributed by atoms with Crippen LogP contribution in [-0.2, 0) is 0 Å². The SMILES string of the molecule is CCCN(C)C(=O)n1nnn(-c2ccccc2Cl)c1=O. The fourth-order valence-electron chi connectivity index (χ4n) is 1.73. The minimum absolute atomic E-state index is 0.357. The summed E-state index contributed by atoms with van der Waals surface area (Å²) in [5, 5.41) is 7.66. The first-order chi connectivity index (χ1) is 9.56. The van der Waals surface area contributed by atoms with Crippen LogP contribution in [0.1, 0.15) is 13.3 Å². The molecular weight excluding hydrogens is 282 g/mol. The van der Waals surface area contributed by atoms with Crippen molar-refractivity contribution in [2.45, 2.75) is 13.3 Å². The minimum atomic E-state index is -0.647. The molecule has 0 saturated heterocycles. The lowest BCUT2D eigenvalue weighted by Crippen LogP contribution is -2.39. The van der Waals surface area contributed by atoms with Crippen molar-refractivity contribution >= 4 is 17.6 Å². The van der Waals surface area contributed by atoms with Crippen molar-refractivity contribution in [3.05, 3.63) is 39.8 Å². The molecule has 0 aliphatic rings. The zero-order valence-corrected chi connectivity index (χ0v) is 11.9. The summed E-state index contributed by atoms with van der Waals surface area (Å²) in [5.74, 6) is 0. The molecule has 0 radical (unpaired) electrons. The first-order valence-corrected chi connectivity index (χ1v) is 6.49. The molecule has 106 valence electrons. The van der Waals surface area contributed by atoms with E-state index in [1.807, 2.05) is 6.92 Å². The zero-order chi connectivity index (χ0) is 14.7. The first-order valence-electron chi connectivity index (χ1n) is 6.11. The summed E-state index contributed by atoms with van der Waals surface area (Å²) in [7, 11) is 1.60. The molecule has 0 aliphatic carbocycles. The molecule has 1 aromatic heterocycles. The van der Waals surface area contributed by atoms with Gasteiger partial charge >= 0.3 is 11.7 Å². The summed E-state index contributed by atoms with van der Waals surface area (Å²) in [5.41, 5.74) is -0.262. The van der Waals surface area contributed by atoms with Crippen molar-refractivity contribution in [1.82, 2.24) is 24.7 Å². The molecule has 20 heavy (non-hydrogen) atoms. The molecule has 0 bridgehead atoms. The van der Waals surface area contributed by atoms with Gasteiger partial charge in [-0.25, -0.2) is 9.59 Å². The van der Waals surface area contributed by atoms with Gasteiger partial charge in [-0.15, -0.1) is 4.68 Å². The third-order valence-electron chi connectivity index (χ3n) is 2.73. The van der Waals surface area contributed by atoms with E-state index in [1.54, 1.807) is 31.3 Å². The molecule has 0 atom stereocenters. The van der Waals surface area contributed by atoms with Gasteiger partial charge in [-0.05, 0) is 29.0 Å². The highest BCUT2D eigenvalue weighted by atomic mass is 35.5. The summed E-state index contributed by atoms with van der Waals surface area (Å²) < 4.78 is 1.72. The third kappa shape index (κ3) is 2.57. The number of hydrogen-bond donors (Lipinski definition) is 0. The fourth-order valence-corrected chi connectivity index (χ4v) is 1.95. The molecule has 8 heteroatoms. The molecule has 1 heterocycles. The summed E-state index contributed by atoms with van der Waals surface area (Å²) in [6.07, 6.45) is 0.787. The van der Waals surface area contributed by atoms with Gasteiger partial charge in [0.2, 0.25) is 0 Å². The van der Waals surface area contributed by atoms with Crippen LogP contribution >= 0.6 is 11.6 Å². The third-order valence-corrected chi connectivity index (χ3v) is 3.05. The van der Waals surface area contributed by atoms with Crippen molar-refractivity contribution in [3.63, 3.8) is 0 Å². The summed E-state index contributed by atoms with van der Waals surface area (Å²) >= 11 is 6.00. The van der Waals surface area contributed by atoms with Crippen LogP contribution in [-0.4, -0.2) is 44.3 Å². The number of nitrogens with zero attached hydrogens (tertiary/aromatic N) is 5. The van der Waals surface area contributed by atoms with Crippen molar-refractivity contribution in [1.29, 1.82) is 0 Å². The van der Waals surface area contributed by atoms with Gasteiger partial charge in [-0.2, -0.15) is 4.68 Å². The van der Waals surface area contributed by atoms with Crippen LogP contribution in [0.3, 0.4) is 0 Å². The molecule has 7 nitrogen and oxygen atoms in total. The Kier molecular flexibility index (Phi) is 4.19. The first kappa shape index (κ1) is 14.3. The topological polar surface area (TPSA) is 73.0 Å². The Morgan fingerprint density at radius 1 is 1.35 bits per heavy atom. The molecule has 0 unspecified atom stereocenters. The van der Waals surface area contributed by atoms with E-state index < -0.39 is 11.7 Å². The molecular formula is C12H14ClN5O2. The molecule has 0 aliphatic heterocycles. The largest absolute Gasteiger partial charge is 0.377 e. The van der Waals surface area contributed by atoms with E-state index in [0.29, 0.717) is 17.3 Å². The maximum Gasteiger partial charge on any atom is 0.377 e. The monoisotopic (exact) mass is 295 g/mol. The molecule has 2 rings (SSSR count). The molecule has 2 aromatic rings. The predicted molar refractivity (Wildman–Crippen MR) is 74.3 cm³/mol. The van der Waals surface area contributed by atoms with Crippen LogP contribution in [0.4, 0.5) is 4.79 Å². The predicted octanol–water partition coefficient (Wildman–Crippen LogP) is 1.39. The number of aromatic nitrogens is 4. The highest BCUT2D eigenvalue weighted by Crippen LogP contribution is 2.16. The van der Waals surface area contributed by atoms with Crippen molar-refractivity contribution in [3.8, 4) is 5.69 Å². The molecule has 1 amide bonds. The molecule has 0 N–H and O–H groups in total. The van der Waals surface area contributed by atoms with Crippen LogP contribution in [0.15, 0.2) is 29.1 Å². The van der Waals surface area contributed by atoms with Crippen LogP contribution in [0.2, 0.25) is 5.02 Å². The Hall–Kier alpha value is -2.15. The maximum atomic E-state index is 12.2.